The van der Waals surface area contributed by atoms with Gasteiger partial charge in [0.25, 0.3) is 5.92 Å². The van der Waals surface area contributed by atoms with Crippen LogP contribution in [0.2, 0.25) is 0 Å². The summed E-state index contributed by atoms with van der Waals surface area (Å²) in [6.45, 7) is -0.883. The summed E-state index contributed by atoms with van der Waals surface area (Å²) in [6, 6.07) is 14.1. The first-order valence-electron chi connectivity index (χ1n) is 15.0. The maximum atomic E-state index is 15.4. The lowest BCUT2D eigenvalue weighted by Crippen LogP contribution is -2.37. The number of alkyl halides is 2. The van der Waals surface area contributed by atoms with Crippen molar-refractivity contribution in [2.24, 2.45) is 0 Å². The maximum Gasteiger partial charge on any atom is 0.303 e. The lowest BCUT2D eigenvalue weighted by atomic mass is 9.88. The van der Waals surface area contributed by atoms with Gasteiger partial charge in [-0.3, -0.25) is 9.59 Å². The lowest BCUT2D eigenvalue weighted by Gasteiger charge is -2.25. The van der Waals surface area contributed by atoms with E-state index in [1.54, 1.807) is 42.7 Å². The molecule has 0 aliphatic carbocycles. The number of aromatic nitrogens is 1. The number of carboxylic acids is 1. The fraction of sp³-hybridized carbons (Fsp3) is 0.294. The summed E-state index contributed by atoms with van der Waals surface area (Å²) in [5, 5.41) is 18.4. The van der Waals surface area contributed by atoms with E-state index in [2.05, 4.69) is 20.9 Å². The fourth-order valence-corrected chi connectivity index (χ4v) is 6.02. The Balaban J connectivity index is 1.37. The van der Waals surface area contributed by atoms with Crippen LogP contribution in [0, 0.1) is 11.6 Å². The first-order valence-corrected chi connectivity index (χ1v) is 15.0. The minimum absolute atomic E-state index is 0.00616. The molecule has 6 rings (SSSR count). The van der Waals surface area contributed by atoms with Crippen LogP contribution in [0.4, 0.5) is 17.6 Å². The van der Waals surface area contributed by atoms with Crippen LogP contribution in [0.5, 0.6) is 11.5 Å². The number of amides is 1. The molecule has 240 valence electrons. The molecular weight excluding hydrogens is 604 g/mol. The number of benzene rings is 3. The Labute approximate surface area is 261 Å². The molecule has 1 aromatic heterocycles. The van der Waals surface area contributed by atoms with Gasteiger partial charge in [-0.2, -0.15) is 0 Å². The van der Waals surface area contributed by atoms with Crippen LogP contribution in [-0.4, -0.2) is 34.4 Å². The molecule has 5 N–H and O–H groups in total. The van der Waals surface area contributed by atoms with E-state index in [-0.39, 0.29) is 49.2 Å². The molecule has 2 atom stereocenters. The molecule has 2 unspecified atom stereocenters. The number of hydrogen-bond acceptors (Lipinski definition) is 5. The quantitative estimate of drug-likeness (QED) is 0.162. The number of aliphatic carboxylic acids is 1. The van der Waals surface area contributed by atoms with E-state index in [1.165, 1.54) is 24.3 Å². The first-order chi connectivity index (χ1) is 22.1. The molecular formula is C34H32F4N4O4. The second-order valence-electron chi connectivity index (χ2n) is 11.6. The SMILES string of the molecule is O=C(O)CCc1cccc(C2CCC(F)(F)CNC(=O)CCc3c(c(F)cc4[nH]ccc34)Oc3ccc(F)c(c3)C3NC=C2N3)c1. The molecule has 1 amide bonds. The molecule has 0 spiro atoms. The van der Waals surface area contributed by atoms with Crippen molar-refractivity contribution in [1.82, 2.24) is 20.9 Å². The molecule has 2 aliphatic rings. The van der Waals surface area contributed by atoms with Gasteiger partial charge in [0.05, 0.1) is 6.54 Å². The van der Waals surface area contributed by atoms with Crippen LogP contribution in [0.1, 0.15) is 60.0 Å². The fourth-order valence-electron chi connectivity index (χ4n) is 6.02. The molecule has 12 heteroatoms. The van der Waals surface area contributed by atoms with Crippen LogP contribution >= 0.6 is 0 Å². The molecule has 0 radical (unpaired) electrons. The van der Waals surface area contributed by atoms with E-state index >= 15 is 17.6 Å². The molecule has 2 aliphatic heterocycles. The van der Waals surface area contributed by atoms with Crippen LogP contribution in [0.15, 0.2) is 72.7 Å². The molecule has 46 heavy (non-hydrogen) atoms. The van der Waals surface area contributed by atoms with Gasteiger partial charge in [-0.05, 0) is 54.7 Å². The van der Waals surface area contributed by atoms with Crippen LogP contribution in [0.3, 0.4) is 0 Å². The van der Waals surface area contributed by atoms with Crippen LogP contribution in [0.25, 0.3) is 10.9 Å². The predicted molar refractivity (Wildman–Crippen MR) is 162 cm³/mol. The van der Waals surface area contributed by atoms with Gasteiger partial charge in [0.15, 0.2) is 11.6 Å². The van der Waals surface area contributed by atoms with E-state index < -0.39 is 54.5 Å². The number of H-pyrrole nitrogens is 1. The molecule has 4 bridgehead atoms. The van der Waals surface area contributed by atoms with Gasteiger partial charge in [0.1, 0.15) is 17.7 Å². The Bertz CT molecular complexity index is 1820. The number of halogens is 4. The largest absolute Gasteiger partial charge is 0.481 e. The van der Waals surface area contributed by atoms with Crippen molar-refractivity contribution in [2.75, 3.05) is 6.54 Å². The Morgan fingerprint density at radius 1 is 1.04 bits per heavy atom. The molecule has 0 saturated carbocycles. The second kappa shape index (κ2) is 12.8. The van der Waals surface area contributed by atoms with E-state index in [9.17, 15) is 9.59 Å². The number of carbonyl (C=O) groups excluding carboxylic acids is 1. The topological polar surface area (TPSA) is 115 Å². The number of hydrogen-bond donors (Lipinski definition) is 5. The Morgan fingerprint density at radius 2 is 1.89 bits per heavy atom. The van der Waals surface area contributed by atoms with E-state index in [4.69, 9.17) is 9.84 Å². The number of rotatable bonds is 4. The van der Waals surface area contributed by atoms with E-state index in [0.717, 1.165) is 5.56 Å². The van der Waals surface area contributed by atoms with Crippen molar-refractivity contribution in [3.05, 3.63) is 107 Å². The third-order valence-corrected chi connectivity index (χ3v) is 8.38. The summed E-state index contributed by atoms with van der Waals surface area (Å²) in [7, 11) is 0. The van der Waals surface area contributed by atoms with Crippen molar-refractivity contribution in [2.45, 2.75) is 56.5 Å². The van der Waals surface area contributed by atoms with Gasteiger partial charge in [-0.25, -0.2) is 17.6 Å². The molecule has 0 saturated heterocycles. The number of carboxylic acid groups (broad SMARTS) is 1. The standard InChI is InChI=1S/C34H32F4N4O4/c35-26-7-5-21-15-25(26)33-40-17-29(42-33)22(20-3-1-2-19(14-20)4-9-31(44)45)10-12-34(37,38)18-41-30(43)8-6-24-23-11-13-39-28(23)16-27(36)32(24)46-21/h1-3,5,7,11,13-17,22,33,39-40,42H,4,6,8-10,12,18H2,(H,41,43)(H,44,45). The van der Waals surface area contributed by atoms with Gasteiger partial charge in [0, 0.05) is 71.4 Å². The second-order valence-corrected chi connectivity index (χ2v) is 11.6. The minimum Gasteiger partial charge on any atom is -0.481 e. The van der Waals surface area contributed by atoms with E-state index in [0.29, 0.717) is 27.7 Å². The van der Waals surface area contributed by atoms with Gasteiger partial charge < -0.3 is 30.8 Å². The zero-order valence-corrected chi connectivity index (χ0v) is 24.6. The molecule has 0 fully saturated rings. The predicted octanol–water partition coefficient (Wildman–Crippen LogP) is 6.55. The third-order valence-electron chi connectivity index (χ3n) is 8.38. The van der Waals surface area contributed by atoms with Gasteiger partial charge in [-0.1, -0.05) is 24.3 Å². The van der Waals surface area contributed by atoms with Gasteiger partial charge in [0.2, 0.25) is 5.91 Å². The Hall–Kier alpha value is -5.00. The zero-order valence-electron chi connectivity index (χ0n) is 24.6. The highest BCUT2D eigenvalue weighted by atomic mass is 19.3. The van der Waals surface area contributed by atoms with Crippen molar-refractivity contribution < 1.29 is 37.0 Å². The molecule has 8 nitrogen and oxygen atoms in total. The summed E-state index contributed by atoms with van der Waals surface area (Å²) >= 11 is 0. The van der Waals surface area contributed by atoms with Crippen molar-refractivity contribution in [1.29, 1.82) is 0 Å². The molecule has 3 heterocycles. The monoisotopic (exact) mass is 636 g/mol. The third kappa shape index (κ3) is 6.80. The van der Waals surface area contributed by atoms with Gasteiger partial charge >= 0.3 is 5.97 Å². The summed E-state index contributed by atoms with van der Waals surface area (Å²) in [5.41, 5.74) is 2.96. The number of aromatic amines is 1. The van der Waals surface area contributed by atoms with Crippen LogP contribution < -0.4 is 20.7 Å². The molecule has 3 aromatic carbocycles. The zero-order chi connectivity index (χ0) is 32.4. The highest BCUT2D eigenvalue weighted by Gasteiger charge is 2.34. The smallest absolute Gasteiger partial charge is 0.303 e. The first kappa shape index (κ1) is 31.0. The Morgan fingerprint density at radius 3 is 2.72 bits per heavy atom. The highest BCUT2D eigenvalue weighted by Crippen LogP contribution is 2.39. The van der Waals surface area contributed by atoms with Crippen molar-refractivity contribution in [3.63, 3.8) is 0 Å². The molecule has 4 aromatic rings. The average Bonchev–Trinajstić information content (AvgIpc) is 3.70. The minimum atomic E-state index is -3.26. The number of aryl methyl sites for hydroxylation is 2. The summed E-state index contributed by atoms with van der Waals surface area (Å²) < 4.78 is 67.1. The van der Waals surface area contributed by atoms with Crippen LogP contribution in [-0.2, 0) is 22.4 Å². The van der Waals surface area contributed by atoms with E-state index in [1.807, 2.05) is 0 Å². The maximum absolute atomic E-state index is 15.4. The summed E-state index contributed by atoms with van der Waals surface area (Å²) in [6.07, 6.45) is 1.84. The summed E-state index contributed by atoms with van der Waals surface area (Å²) in [4.78, 5) is 26.8. The lowest BCUT2D eigenvalue weighted by molar-refractivity contribution is -0.137. The van der Waals surface area contributed by atoms with Crippen molar-refractivity contribution in [3.8, 4) is 11.5 Å². The summed E-state index contributed by atoms with van der Waals surface area (Å²) in [5.74, 6) is -6.67. The Kier molecular flexibility index (Phi) is 8.61. The number of allylic oxidation sites excluding steroid dienone is 1. The number of ether oxygens (including phenoxy) is 1. The number of fused-ring (bicyclic) bond motifs is 8. The normalized spacial score (nSPS) is 19.8. The number of nitrogens with one attached hydrogen (secondary N) is 4. The highest BCUT2D eigenvalue weighted by molar-refractivity contribution is 5.86. The average molecular weight is 637 g/mol. The van der Waals surface area contributed by atoms with Gasteiger partial charge in [-0.15, -0.1) is 0 Å². The number of carbonyl (C=O) groups is 2. The van der Waals surface area contributed by atoms with Crippen molar-refractivity contribution >= 4 is 22.8 Å².